The smallest absolute Gasteiger partial charge is 0.194 e. The molecule has 1 atom stereocenters. The van der Waals surface area contributed by atoms with E-state index >= 15 is 0 Å². The summed E-state index contributed by atoms with van der Waals surface area (Å²) in [6.45, 7) is 8.12. The van der Waals surface area contributed by atoms with Crippen molar-refractivity contribution < 1.29 is 14.3 Å². The molecule has 0 radical (unpaired) electrons. The summed E-state index contributed by atoms with van der Waals surface area (Å²) >= 11 is 0. The maximum absolute atomic E-state index is 12.2. The average molecular weight is 236 g/mol. The van der Waals surface area contributed by atoms with Crippen molar-refractivity contribution in [1.29, 1.82) is 0 Å². The highest BCUT2D eigenvalue weighted by atomic mass is 16.5. The summed E-state index contributed by atoms with van der Waals surface area (Å²) in [5, 5.41) is 0. The molecular formula is C14H20O3. The molecule has 0 aromatic heterocycles. The van der Waals surface area contributed by atoms with Crippen LogP contribution in [-0.2, 0) is 4.74 Å². The number of rotatable bonds is 5. The Hall–Kier alpha value is -1.35. The Balaban J connectivity index is 3.14. The average Bonchev–Trinajstić information content (AvgIpc) is 2.31. The van der Waals surface area contributed by atoms with E-state index in [1.165, 1.54) is 0 Å². The molecule has 0 aliphatic heterocycles. The van der Waals surface area contributed by atoms with Crippen LogP contribution >= 0.6 is 0 Å². The van der Waals surface area contributed by atoms with Crippen molar-refractivity contribution in [1.82, 2.24) is 0 Å². The second kappa shape index (κ2) is 5.82. The number of methoxy groups -OCH3 is 1. The molecule has 0 amide bonds. The van der Waals surface area contributed by atoms with Crippen molar-refractivity contribution in [2.24, 2.45) is 0 Å². The van der Waals surface area contributed by atoms with E-state index in [0.717, 1.165) is 11.1 Å². The number of ketones is 1. The third kappa shape index (κ3) is 2.86. The number of aryl methyl sites for hydroxylation is 1. The third-order valence-electron chi connectivity index (χ3n) is 2.93. The van der Waals surface area contributed by atoms with Gasteiger partial charge in [0, 0.05) is 6.61 Å². The zero-order valence-electron chi connectivity index (χ0n) is 11.2. The van der Waals surface area contributed by atoms with Gasteiger partial charge in [-0.2, -0.15) is 0 Å². The highest BCUT2D eigenvalue weighted by Crippen LogP contribution is 2.27. The van der Waals surface area contributed by atoms with Crippen LogP contribution in [0, 0.1) is 13.8 Å². The third-order valence-corrected chi connectivity index (χ3v) is 2.93. The van der Waals surface area contributed by atoms with Gasteiger partial charge < -0.3 is 9.47 Å². The van der Waals surface area contributed by atoms with Gasteiger partial charge in [0.05, 0.1) is 12.7 Å². The first-order valence-corrected chi connectivity index (χ1v) is 5.82. The molecule has 1 aromatic carbocycles. The number of benzene rings is 1. The second-order valence-electron chi connectivity index (χ2n) is 4.05. The molecule has 0 N–H and O–H groups in total. The highest BCUT2D eigenvalue weighted by molar-refractivity contribution is 6.02. The summed E-state index contributed by atoms with van der Waals surface area (Å²) in [7, 11) is 1.59. The summed E-state index contributed by atoms with van der Waals surface area (Å²) in [5.41, 5.74) is 2.71. The molecule has 94 valence electrons. The van der Waals surface area contributed by atoms with Crippen LogP contribution in [0.4, 0.5) is 0 Å². The van der Waals surface area contributed by atoms with E-state index in [9.17, 15) is 4.79 Å². The molecule has 3 heteroatoms. The molecule has 1 aromatic rings. The van der Waals surface area contributed by atoms with Gasteiger partial charge in [-0.15, -0.1) is 0 Å². The Morgan fingerprint density at radius 2 is 2.00 bits per heavy atom. The molecule has 1 rings (SSSR count). The molecule has 1 unspecified atom stereocenters. The van der Waals surface area contributed by atoms with Crippen LogP contribution < -0.4 is 4.74 Å². The number of Topliss-reactive ketones (excluding diaryl/α,β-unsaturated/α-hetero) is 1. The Morgan fingerprint density at radius 3 is 2.53 bits per heavy atom. The first-order chi connectivity index (χ1) is 8.02. The number of ether oxygens (including phenoxy) is 2. The molecule has 0 heterocycles. The summed E-state index contributed by atoms with van der Waals surface area (Å²) in [4.78, 5) is 12.2. The lowest BCUT2D eigenvalue weighted by molar-refractivity contribution is 0.0518. The van der Waals surface area contributed by atoms with E-state index in [2.05, 4.69) is 0 Å². The molecule has 0 fully saturated rings. The van der Waals surface area contributed by atoms with Crippen LogP contribution in [0.1, 0.15) is 35.3 Å². The number of hydrogen-bond acceptors (Lipinski definition) is 3. The lowest BCUT2D eigenvalue weighted by Gasteiger charge is -2.16. The predicted molar refractivity (Wildman–Crippen MR) is 67.9 cm³/mol. The topological polar surface area (TPSA) is 35.5 Å². The second-order valence-corrected chi connectivity index (χ2v) is 4.05. The number of hydrogen-bond donors (Lipinski definition) is 0. The van der Waals surface area contributed by atoms with Gasteiger partial charge in [0.15, 0.2) is 5.78 Å². The van der Waals surface area contributed by atoms with Gasteiger partial charge in [-0.05, 0) is 44.9 Å². The predicted octanol–water partition coefficient (Wildman–Crippen LogP) is 2.92. The minimum Gasteiger partial charge on any atom is -0.496 e. The van der Waals surface area contributed by atoms with Crippen molar-refractivity contribution >= 4 is 5.78 Å². The highest BCUT2D eigenvalue weighted by Gasteiger charge is 2.20. The van der Waals surface area contributed by atoms with Gasteiger partial charge in [0.25, 0.3) is 0 Å². The van der Waals surface area contributed by atoms with E-state index < -0.39 is 6.10 Å². The SMILES string of the molecule is CCOC(C)C(=O)c1ccc(C)c(C)c1OC. The first kappa shape index (κ1) is 13.7. The Kier molecular flexibility index (Phi) is 4.70. The monoisotopic (exact) mass is 236 g/mol. The molecular weight excluding hydrogens is 216 g/mol. The van der Waals surface area contributed by atoms with Crippen molar-refractivity contribution in [2.45, 2.75) is 33.8 Å². The summed E-state index contributed by atoms with van der Waals surface area (Å²) in [5.74, 6) is 0.619. The molecule has 0 bridgehead atoms. The largest absolute Gasteiger partial charge is 0.496 e. The van der Waals surface area contributed by atoms with E-state index in [0.29, 0.717) is 17.9 Å². The summed E-state index contributed by atoms with van der Waals surface area (Å²) in [6, 6.07) is 3.74. The van der Waals surface area contributed by atoms with Gasteiger partial charge in [-0.1, -0.05) is 6.07 Å². The molecule has 0 aliphatic carbocycles. The van der Waals surface area contributed by atoms with E-state index in [1.54, 1.807) is 20.1 Å². The molecule has 0 spiro atoms. The lowest BCUT2D eigenvalue weighted by atomic mass is 9.99. The van der Waals surface area contributed by atoms with E-state index in [1.807, 2.05) is 26.8 Å². The van der Waals surface area contributed by atoms with Crippen LogP contribution in [0.15, 0.2) is 12.1 Å². The van der Waals surface area contributed by atoms with Crippen molar-refractivity contribution in [2.75, 3.05) is 13.7 Å². The van der Waals surface area contributed by atoms with E-state index in [-0.39, 0.29) is 5.78 Å². The molecule has 3 nitrogen and oxygen atoms in total. The Bertz CT molecular complexity index is 410. The zero-order valence-corrected chi connectivity index (χ0v) is 11.2. The Labute approximate surface area is 103 Å². The van der Waals surface area contributed by atoms with Gasteiger partial charge in [-0.25, -0.2) is 0 Å². The van der Waals surface area contributed by atoms with E-state index in [4.69, 9.17) is 9.47 Å². The van der Waals surface area contributed by atoms with Crippen molar-refractivity contribution in [3.63, 3.8) is 0 Å². The fraction of sp³-hybridized carbons (Fsp3) is 0.500. The summed E-state index contributed by atoms with van der Waals surface area (Å²) < 4.78 is 10.7. The van der Waals surface area contributed by atoms with Crippen LogP contribution in [-0.4, -0.2) is 25.6 Å². The minimum atomic E-state index is -0.434. The fourth-order valence-electron chi connectivity index (χ4n) is 1.79. The van der Waals surface area contributed by atoms with Crippen LogP contribution in [0.2, 0.25) is 0 Å². The fourth-order valence-corrected chi connectivity index (χ4v) is 1.79. The first-order valence-electron chi connectivity index (χ1n) is 5.82. The van der Waals surface area contributed by atoms with Gasteiger partial charge in [-0.3, -0.25) is 4.79 Å². The Morgan fingerprint density at radius 1 is 1.35 bits per heavy atom. The maximum Gasteiger partial charge on any atom is 0.194 e. The van der Waals surface area contributed by atoms with Crippen LogP contribution in [0.5, 0.6) is 5.75 Å². The quantitative estimate of drug-likeness (QED) is 0.737. The van der Waals surface area contributed by atoms with Gasteiger partial charge in [0.2, 0.25) is 0 Å². The van der Waals surface area contributed by atoms with Gasteiger partial charge >= 0.3 is 0 Å². The van der Waals surface area contributed by atoms with Crippen molar-refractivity contribution in [3.05, 3.63) is 28.8 Å². The molecule has 0 saturated carbocycles. The standard InChI is InChI=1S/C14H20O3/c1-6-17-11(4)13(15)12-8-7-9(2)10(3)14(12)16-5/h7-8,11H,6H2,1-5H3. The summed E-state index contributed by atoms with van der Waals surface area (Å²) in [6.07, 6.45) is -0.434. The normalized spacial score (nSPS) is 12.3. The van der Waals surface area contributed by atoms with Crippen LogP contribution in [0.3, 0.4) is 0 Å². The number of carbonyl (C=O) groups is 1. The number of carbonyl (C=O) groups excluding carboxylic acids is 1. The van der Waals surface area contributed by atoms with Crippen molar-refractivity contribution in [3.8, 4) is 5.75 Å². The van der Waals surface area contributed by atoms with Gasteiger partial charge in [0.1, 0.15) is 11.9 Å². The zero-order chi connectivity index (χ0) is 13.0. The lowest BCUT2D eigenvalue weighted by Crippen LogP contribution is -2.21. The molecule has 0 aliphatic rings. The maximum atomic E-state index is 12.2. The van der Waals surface area contributed by atoms with Crippen LogP contribution in [0.25, 0.3) is 0 Å². The molecule has 0 saturated heterocycles. The molecule has 17 heavy (non-hydrogen) atoms. The minimum absolute atomic E-state index is 0.0354.